The van der Waals surface area contributed by atoms with Crippen molar-refractivity contribution in [3.05, 3.63) is 24.8 Å². The van der Waals surface area contributed by atoms with E-state index in [1.54, 1.807) is 6.08 Å². The molecule has 3 heteroatoms. The van der Waals surface area contributed by atoms with Gasteiger partial charge in [0.2, 0.25) is 0 Å². The molecule has 0 aromatic carbocycles. The molecule has 0 N–H and O–H groups in total. The van der Waals surface area contributed by atoms with Crippen LogP contribution in [0.15, 0.2) is 24.8 Å². The summed E-state index contributed by atoms with van der Waals surface area (Å²) >= 11 is 0. The van der Waals surface area contributed by atoms with Gasteiger partial charge in [0.1, 0.15) is 6.10 Å². The van der Waals surface area contributed by atoms with Crippen molar-refractivity contribution in [2.75, 3.05) is 19.8 Å². The molecule has 0 radical (unpaired) electrons. The van der Waals surface area contributed by atoms with Crippen molar-refractivity contribution in [3.63, 3.8) is 0 Å². The summed E-state index contributed by atoms with van der Waals surface area (Å²) in [5.74, 6) is -0.448. The van der Waals surface area contributed by atoms with Crippen molar-refractivity contribution < 1.29 is 14.2 Å². The zero-order valence-corrected chi connectivity index (χ0v) is 9.57. The van der Waals surface area contributed by atoms with Crippen LogP contribution in [0, 0.1) is 0 Å². The van der Waals surface area contributed by atoms with Gasteiger partial charge in [-0.05, 0) is 20.3 Å². The first-order chi connectivity index (χ1) is 7.14. The molecule has 1 fully saturated rings. The van der Waals surface area contributed by atoms with E-state index in [9.17, 15) is 0 Å². The highest BCUT2D eigenvalue weighted by atomic mass is 16.7. The van der Waals surface area contributed by atoms with E-state index >= 15 is 0 Å². The van der Waals surface area contributed by atoms with Crippen molar-refractivity contribution in [2.45, 2.75) is 32.2 Å². The van der Waals surface area contributed by atoms with Crippen LogP contribution in [-0.4, -0.2) is 31.7 Å². The molecule has 0 spiro atoms. The number of ether oxygens (including phenoxy) is 3. The van der Waals surface area contributed by atoms with E-state index in [0.29, 0.717) is 19.8 Å². The lowest BCUT2D eigenvalue weighted by Crippen LogP contribution is -2.24. The standard InChI is InChI=1S/C12H20O3/c1-4-5-6-7-8-13-9-11-10-14-12(2,3)15-11/h4-6,11H,1,7-10H2,2-3H3. The first kappa shape index (κ1) is 12.4. The van der Waals surface area contributed by atoms with E-state index in [1.165, 1.54) is 0 Å². The first-order valence-electron chi connectivity index (χ1n) is 5.31. The van der Waals surface area contributed by atoms with E-state index in [-0.39, 0.29) is 6.10 Å². The summed E-state index contributed by atoms with van der Waals surface area (Å²) in [5.41, 5.74) is 0. The van der Waals surface area contributed by atoms with Crippen LogP contribution in [0.5, 0.6) is 0 Å². The second-order valence-electron chi connectivity index (χ2n) is 3.98. The summed E-state index contributed by atoms with van der Waals surface area (Å²) in [5, 5.41) is 0. The lowest BCUT2D eigenvalue weighted by atomic mass is 10.4. The van der Waals surface area contributed by atoms with Gasteiger partial charge < -0.3 is 14.2 Å². The summed E-state index contributed by atoms with van der Waals surface area (Å²) in [6, 6.07) is 0. The highest BCUT2D eigenvalue weighted by molar-refractivity contribution is 4.96. The summed E-state index contributed by atoms with van der Waals surface area (Å²) < 4.78 is 16.5. The van der Waals surface area contributed by atoms with Crippen LogP contribution in [-0.2, 0) is 14.2 Å². The number of allylic oxidation sites excluding steroid dienone is 2. The Hall–Kier alpha value is -0.640. The molecule has 15 heavy (non-hydrogen) atoms. The van der Waals surface area contributed by atoms with Crippen molar-refractivity contribution in [3.8, 4) is 0 Å². The topological polar surface area (TPSA) is 27.7 Å². The lowest BCUT2D eigenvalue weighted by Gasteiger charge is -2.16. The monoisotopic (exact) mass is 212 g/mol. The normalized spacial score (nSPS) is 24.8. The quantitative estimate of drug-likeness (QED) is 0.499. The molecule has 1 rings (SSSR count). The fraction of sp³-hybridized carbons (Fsp3) is 0.667. The van der Waals surface area contributed by atoms with Gasteiger partial charge in [0.25, 0.3) is 0 Å². The fourth-order valence-electron chi connectivity index (χ4n) is 1.40. The first-order valence-corrected chi connectivity index (χ1v) is 5.31. The Morgan fingerprint density at radius 2 is 2.33 bits per heavy atom. The van der Waals surface area contributed by atoms with Crippen LogP contribution in [0.1, 0.15) is 20.3 Å². The Bertz CT molecular complexity index is 221. The Labute approximate surface area is 91.7 Å². The predicted octanol–water partition coefficient (Wildman–Crippen LogP) is 2.29. The molecule has 86 valence electrons. The molecule has 0 aromatic rings. The van der Waals surface area contributed by atoms with Gasteiger partial charge in [0, 0.05) is 0 Å². The maximum atomic E-state index is 5.60. The fourth-order valence-corrected chi connectivity index (χ4v) is 1.40. The van der Waals surface area contributed by atoms with Gasteiger partial charge >= 0.3 is 0 Å². The van der Waals surface area contributed by atoms with Crippen LogP contribution >= 0.6 is 0 Å². The predicted molar refractivity (Wildman–Crippen MR) is 59.7 cm³/mol. The highest BCUT2D eigenvalue weighted by Crippen LogP contribution is 2.22. The average Bonchev–Trinajstić information content (AvgIpc) is 2.52. The molecule has 1 aliphatic heterocycles. The summed E-state index contributed by atoms with van der Waals surface area (Å²) in [4.78, 5) is 0. The number of rotatable bonds is 6. The lowest BCUT2D eigenvalue weighted by molar-refractivity contribution is -0.144. The van der Waals surface area contributed by atoms with Crippen LogP contribution < -0.4 is 0 Å². The molecule has 1 heterocycles. The number of hydrogen-bond donors (Lipinski definition) is 0. The van der Waals surface area contributed by atoms with E-state index in [4.69, 9.17) is 14.2 Å². The van der Waals surface area contributed by atoms with Gasteiger partial charge in [-0.15, -0.1) is 0 Å². The van der Waals surface area contributed by atoms with E-state index in [1.807, 2.05) is 26.0 Å². The minimum Gasteiger partial charge on any atom is -0.378 e. The van der Waals surface area contributed by atoms with E-state index < -0.39 is 5.79 Å². The maximum Gasteiger partial charge on any atom is 0.163 e. The van der Waals surface area contributed by atoms with Crippen molar-refractivity contribution >= 4 is 0 Å². The molecule has 0 aromatic heterocycles. The smallest absolute Gasteiger partial charge is 0.163 e. The van der Waals surface area contributed by atoms with Gasteiger partial charge in [-0.3, -0.25) is 0 Å². The largest absolute Gasteiger partial charge is 0.378 e. The summed E-state index contributed by atoms with van der Waals surface area (Å²) in [6.45, 7) is 9.36. The maximum absolute atomic E-state index is 5.60. The second-order valence-corrected chi connectivity index (χ2v) is 3.98. The van der Waals surface area contributed by atoms with Crippen LogP contribution in [0.25, 0.3) is 0 Å². The molecule has 3 nitrogen and oxygen atoms in total. The molecule has 0 saturated carbocycles. The molecule has 1 saturated heterocycles. The molecule has 1 unspecified atom stereocenters. The minimum absolute atomic E-state index is 0.0726. The Balaban J connectivity index is 2.02. The van der Waals surface area contributed by atoms with Crippen LogP contribution in [0.3, 0.4) is 0 Å². The van der Waals surface area contributed by atoms with Gasteiger partial charge in [-0.2, -0.15) is 0 Å². The van der Waals surface area contributed by atoms with Crippen molar-refractivity contribution in [1.82, 2.24) is 0 Å². The van der Waals surface area contributed by atoms with Crippen LogP contribution in [0.4, 0.5) is 0 Å². The van der Waals surface area contributed by atoms with Gasteiger partial charge in [0.15, 0.2) is 5.79 Å². The Kier molecular flexibility index (Phi) is 5.02. The van der Waals surface area contributed by atoms with Gasteiger partial charge in [-0.1, -0.05) is 24.8 Å². The molecule has 0 aliphatic carbocycles. The molecular weight excluding hydrogens is 192 g/mol. The van der Waals surface area contributed by atoms with Gasteiger partial charge in [0.05, 0.1) is 19.8 Å². The Morgan fingerprint density at radius 3 is 2.93 bits per heavy atom. The number of hydrogen-bond acceptors (Lipinski definition) is 3. The highest BCUT2D eigenvalue weighted by Gasteiger charge is 2.32. The summed E-state index contributed by atoms with van der Waals surface area (Å²) in [7, 11) is 0. The Morgan fingerprint density at radius 1 is 1.53 bits per heavy atom. The van der Waals surface area contributed by atoms with Crippen LogP contribution in [0.2, 0.25) is 0 Å². The molecular formula is C12H20O3. The van der Waals surface area contributed by atoms with E-state index in [2.05, 4.69) is 6.58 Å². The third kappa shape index (κ3) is 5.11. The average molecular weight is 212 g/mol. The molecule has 1 atom stereocenters. The van der Waals surface area contributed by atoms with Gasteiger partial charge in [-0.25, -0.2) is 0 Å². The molecule has 0 bridgehead atoms. The third-order valence-electron chi connectivity index (χ3n) is 2.07. The molecule has 1 aliphatic rings. The minimum atomic E-state index is -0.448. The molecule has 0 amide bonds. The van der Waals surface area contributed by atoms with E-state index in [0.717, 1.165) is 6.42 Å². The summed E-state index contributed by atoms with van der Waals surface area (Å²) in [6.07, 6.45) is 6.69. The zero-order valence-electron chi connectivity index (χ0n) is 9.57. The van der Waals surface area contributed by atoms with Crippen molar-refractivity contribution in [2.24, 2.45) is 0 Å². The zero-order chi connectivity index (χ0) is 11.1. The second kappa shape index (κ2) is 6.05. The SMILES string of the molecule is C=CC=CCCOCC1COC(C)(C)O1. The third-order valence-corrected chi connectivity index (χ3v) is 2.07. The van der Waals surface area contributed by atoms with Crippen molar-refractivity contribution in [1.29, 1.82) is 0 Å².